The minimum atomic E-state index is 0.329. The van der Waals surface area contributed by atoms with Crippen LogP contribution in [0.1, 0.15) is 23.0 Å². The zero-order valence-corrected chi connectivity index (χ0v) is 20.5. The van der Waals surface area contributed by atoms with Crippen molar-refractivity contribution in [3.05, 3.63) is 35.2 Å². The summed E-state index contributed by atoms with van der Waals surface area (Å²) < 4.78 is 34.5. The first-order chi connectivity index (χ1) is 14.7. The number of hydrogen-bond donors (Lipinski definition) is 4. The Labute approximate surface area is 200 Å². The molecule has 0 amide bonds. The van der Waals surface area contributed by atoms with E-state index >= 15 is 0 Å². The number of ether oxygens (including phenoxy) is 4. The molecule has 0 fully saturated rings. The molecule has 0 aliphatic rings. The third-order valence-electron chi connectivity index (χ3n) is 3.91. The molecule has 30 heavy (non-hydrogen) atoms. The van der Waals surface area contributed by atoms with Crippen LogP contribution in [0.15, 0.2) is 21.0 Å². The van der Waals surface area contributed by atoms with E-state index in [0.717, 1.165) is 11.1 Å². The highest BCUT2D eigenvalue weighted by Crippen LogP contribution is 2.34. The quantitative estimate of drug-likeness (QED) is 0.194. The zero-order chi connectivity index (χ0) is 21.6. The van der Waals surface area contributed by atoms with Crippen molar-refractivity contribution in [2.24, 2.45) is 0 Å². The highest BCUT2D eigenvalue weighted by atomic mass is 32.1. The van der Waals surface area contributed by atoms with Crippen molar-refractivity contribution in [2.45, 2.75) is 26.4 Å². The SMILES string of the molecule is SCCOCc1cc(-c2cc(COCCS)oc2COCCS)c(COCCS)o1. The van der Waals surface area contributed by atoms with Gasteiger partial charge >= 0.3 is 0 Å². The molecule has 0 radical (unpaired) electrons. The lowest BCUT2D eigenvalue weighted by Crippen LogP contribution is -1.98. The maximum Gasteiger partial charge on any atom is 0.137 e. The molecule has 0 saturated carbocycles. The fourth-order valence-corrected chi connectivity index (χ4v) is 3.23. The Morgan fingerprint density at radius 2 is 0.867 bits per heavy atom. The average Bonchev–Trinajstić information content (AvgIpc) is 3.33. The monoisotopic (exact) mass is 494 g/mol. The van der Waals surface area contributed by atoms with Gasteiger partial charge in [0.25, 0.3) is 0 Å². The standard InChI is InChI=1S/C20H30O6S4/c27-5-1-21-11-15-9-17(19(25-15)13-23-3-7-29)18-10-16(12-22-2-6-28)26-20(18)14-24-4-8-30/h9-10,27-30H,1-8,11-14H2. The highest BCUT2D eigenvalue weighted by molar-refractivity contribution is 7.80. The minimum Gasteiger partial charge on any atom is -0.460 e. The second-order valence-corrected chi connectivity index (χ2v) is 7.99. The van der Waals surface area contributed by atoms with Crippen molar-refractivity contribution < 1.29 is 27.8 Å². The van der Waals surface area contributed by atoms with E-state index in [9.17, 15) is 0 Å². The maximum atomic E-state index is 6.01. The Hall–Kier alpha value is -0.200. The van der Waals surface area contributed by atoms with Crippen LogP contribution in [0, 0.1) is 0 Å². The summed E-state index contributed by atoms with van der Waals surface area (Å²) in [6.45, 7) is 3.54. The van der Waals surface area contributed by atoms with Gasteiger partial charge < -0.3 is 27.8 Å². The second kappa shape index (κ2) is 15.6. The van der Waals surface area contributed by atoms with Gasteiger partial charge in [0.15, 0.2) is 0 Å². The first kappa shape index (κ1) is 26.1. The molecule has 0 aliphatic heterocycles. The van der Waals surface area contributed by atoms with Crippen LogP contribution in [0.4, 0.5) is 0 Å². The van der Waals surface area contributed by atoms with Crippen LogP contribution in [-0.2, 0) is 45.4 Å². The van der Waals surface area contributed by atoms with Crippen LogP contribution >= 0.6 is 50.5 Å². The summed E-state index contributed by atoms with van der Waals surface area (Å²) in [4.78, 5) is 0. The van der Waals surface area contributed by atoms with Gasteiger partial charge in [-0.1, -0.05) is 0 Å². The van der Waals surface area contributed by atoms with Crippen molar-refractivity contribution >= 4 is 50.5 Å². The molecule has 6 nitrogen and oxygen atoms in total. The van der Waals surface area contributed by atoms with Gasteiger partial charge in [-0.25, -0.2) is 0 Å². The molecule has 170 valence electrons. The van der Waals surface area contributed by atoms with Crippen LogP contribution in [0.3, 0.4) is 0 Å². The van der Waals surface area contributed by atoms with Crippen molar-refractivity contribution in [1.82, 2.24) is 0 Å². The third kappa shape index (κ3) is 8.74. The largest absolute Gasteiger partial charge is 0.460 e. The van der Waals surface area contributed by atoms with E-state index in [2.05, 4.69) is 50.5 Å². The maximum absolute atomic E-state index is 6.01. The Morgan fingerprint density at radius 1 is 0.533 bits per heavy atom. The van der Waals surface area contributed by atoms with Crippen LogP contribution in [0.25, 0.3) is 11.1 Å². The van der Waals surface area contributed by atoms with Gasteiger partial charge in [0.2, 0.25) is 0 Å². The molecule has 0 N–H and O–H groups in total. The summed E-state index contributed by atoms with van der Waals surface area (Å²) >= 11 is 16.7. The van der Waals surface area contributed by atoms with Gasteiger partial charge in [0.05, 0.1) is 26.4 Å². The van der Waals surface area contributed by atoms with Crippen molar-refractivity contribution in [1.29, 1.82) is 0 Å². The van der Waals surface area contributed by atoms with Crippen molar-refractivity contribution in [2.75, 3.05) is 49.4 Å². The number of thiol groups is 4. The molecule has 2 heterocycles. The molecule has 2 aromatic rings. The van der Waals surface area contributed by atoms with E-state index in [-0.39, 0.29) is 0 Å². The van der Waals surface area contributed by atoms with Crippen molar-refractivity contribution in [3.8, 4) is 11.1 Å². The summed E-state index contributed by atoms with van der Waals surface area (Å²) in [6, 6.07) is 3.92. The molecule has 0 atom stereocenters. The molecule has 0 unspecified atom stereocenters. The number of hydrogen-bond acceptors (Lipinski definition) is 10. The first-order valence-corrected chi connectivity index (χ1v) is 12.2. The van der Waals surface area contributed by atoms with E-state index in [1.807, 2.05) is 12.1 Å². The Morgan fingerprint density at radius 3 is 1.20 bits per heavy atom. The predicted molar refractivity (Wildman–Crippen MR) is 130 cm³/mol. The molecular weight excluding hydrogens is 464 g/mol. The second-order valence-electron chi connectivity index (χ2n) is 6.20. The van der Waals surface area contributed by atoms with Gasteiger partial charge in [-0.15, -0.1) is 0 Å². The molecule has 0 bridgehead atoms. The summed E-state index contributed by atoms with van der Waals surface area (Å²) in [5.41, 5.74) is 1.79. The van der Waals surface area contributed by atoms with Gasteiger partial charge in [0, 0.05) is 34.1 Å². The van der Waals surface area contributed by atoms with Crippen LogP contribution in [-0.4, -0.2) is 49.4 Å². The molecular formula is C20H30O6S4. The lowest BCUT2D eigenvalue weighted by Gasteiger charge is -2.05. The zero-order valence-electron chi connectivity index (χ0n) is 16.9. The lowest BCUT2D eigenvalue weighted by molar-refractivity contribution is 0.102. The molecule has 0 aromatic carbocycles. The Balaban J connectivity index is 2.28. The molecule has 0 saturated heterocycles. The van der Waals surface area contributed by atoms with E-state index < -0.39 is 0 Å². The topological polar surface area (TPSA) is 63.2 Å². The predicted octanol–water partition coefficient (Wildman–Crippen LogP) is 4.33. The van der Waals surface area contributed by atoms with Crippen molar-refractivity contribution in [3.63, 3.8) is 0 Å². The van der Waals surface area contributed by atoms with Gasteiger partial charge in [-0.05, 0) is 12.1 Å². The lowest BCUT2D eigenvalue weighted by atomic mass is 10.1. The first-order valence-electron chi connectivity index (χ1n) is 9.71. The van der Waals surface area contributed by atoms with Crippen LogP contribution in [0.2, 0.25) is 0 Å². The molecule has 2 rings (SSSR count). The minimum absolute atomic E-state index is 0.329. The fourth-order valence-electron chi connectivity index (χ4n) is 2.71. The highest BCUT2D eigenvalue weighted by Gasteiger charge is 2.21. The Bertz CT molecular complexity index is 658. The molecule has 0 aliphatic carbocycles. The molecule has 10 heteroatoms. The summed E-state index contributed by atoms with van der Waals surface area (Å²) in [5, 5.41) is 0. The van der Waals surface area contributed by atoms with E-state index in [1.165, 1.54) is 0 Å². The summed E-state index contributed by atoms with van der Waals surface area (Å²) in [5.74, 6) is 5.41. The fraction of sp³-hybridized carbons (Fsp3) is 0.600. The molecule has 2 aromatic heterocycles. The van der Waals surface area contributed by atoms with Gasteiger partial charge in [0.1, 0.15) is 49.5 Å². The number of furan rings is 2. The average molecular weight is 495 g/mol. The van der Waals surface area contributed by atoms with Crippen LogP contribution < -0.4 is 0 Å². The van der Waals surface area contributed by atoms with Crippen LogP contribution in [0.5, 0.6) is 0 Å². The van der Waals surface area contributed by atoms with E-state index in [4.69, 9.17) is 27.8 Å². The van der Waals surface area contributed by atoms with E-state index in [1.54, 1.807) is 0 Å². The number of rotatable bonds is 17. The summed E-state index contributed by atoms with van der Waals surface area (Å²) in [7, 11) is 0. The van der Waals surface area contributed by atoms with E-state index in [0.29, 0.717) is 98.9 Å². The van der Waals surface area contributed by atoms with Gasteiger partial charge in [-0.2, -0.15) is 50.5 Å². The smallest absolute Gasteiger partial charge is 0.137 e. The molecule has 0 spiro atoms. The summed E-state index contributed by atoms with van der Waals surface area (Å²) in [6.07, 6.45) is 0. The normalized spacial score (nSPS) is 11.5. The Kier molecular flexibility index (Phi) is 13.5. The third-order valence-corrected chi connectivity index (χ3v) is 4.64. The van der Waals surface area contributed by atoms with Gasteiger partial charge in [-0.3, -0.25) is 0 Å².